The van der Waals surface area contributed by atoms with Gasteiger partial charge in [-0.25, -0.2) is 4.79 Å². The number of carbonyl (C=O) groups is 2. The van der Waals surface area contributed by atoms with E-state index in [9.17, 15) is 9.59 Å². The van der Waals surface area contributed by atoms with E-state index in [1.165, 1.54) is 7.11 Å². The van der Waals surface area contributed by atoms with Crippen LogP contribution in [0.1, 0.15) is 37.7 Å². The van der Waals surface area contributed by atoms with E-state index in [4.69, 9.17) is 14.7 Å². The van der Waals surface area contributed by atoms with Crippen LogP contribution in [0.4, 0.5) is 0 Å². The molecule has 0 bridgehead atoms. The van der Waals surface area contributed by atoms with Gasteiger partial charge >= 0.3 is 5.97 Å². The minimum absolute atomic E-state index is 0.103. The summed E-state index contributed by atoms with van der Waals surface area (Å²) in [7, 11) is 1.37. The highest BCUT2D eigenvalue weighted by Crippen LogP contribution is 2.40. The zero-order chi connectivity index (χ0) is 18.5. The molecular formula is C20H24N2O4. The van der Waals surface area contributed by atoms with E-state index in [-0.39, 0.29) is 24.5 Å². The summed E-state index contributed by atoms with van der Waals surface area (Å²) in [6.07, 6.45) is 5.27. The Morgan fingerprint density at radius 1 is 1.23 bits per heavy atom. The second-order valence-corrected chi connectivity index (χ2v) is 6.96. The molecule has 1 aromatic carbocycles. The fourth-order valence-electron chi connectivity index (χ4n) is 4.18. The second kappa shape index (κ2) is 8.22. The van der Waals surface area contributed by atoms with Gasteiger partial charge in [-0.15, -0.1) is 0 Å². The third-order valence-corrected chi connectivity index (χ3v) is 5.42. The van der Waals surface area contributed by atoms with Gasteiger partial charge in [0.2, 0.25) is 0 Å². The van der Waals surface area contributed by atoms with Crippen molar-refractivity contribution in [2.75, 3.05) is 13.7 Å². The van der Waals surface area contributed by atoms with Gasteiger partial charge in [0.15, 0.2) is 6.61 Å². The molecule has 3 atom stereocenters. The van der Waals surface area contributed by atoms with E-state index in [0.29, 0.717) is 24.5 Å². The van der Waals surface area contributed by atoms with Crippen molar-refractivity contribution in [1.29, 1.82) is 5.26 Å². The van der Waals surface area contributed by atoms with Crippen LogP contribution in [0, 0.1) is 17.2 Å². The molecule has 138 valence electrons. The predicted molar refractivity (Wildman–Crippen MR) is 94.3 cm³/mol. The molecule has 1 saturated carbocycles. The number of amides is 1. The molecule has 2 fully saturated rings. The van der Waals surface area contributed by atoms with E-state index in [1.54, 1.807) is 17.0 Å². The average Bonchev–Trinajstić information content (AvgIpc) is 3.06. The van der Waals surface area contributed by atoms with Crippen molar-refractivity contribution in [1.82, 2.24) is 4.90 Å². The predicted octanol–water partition coefficient (Wildman–Crippen LogP) is 2.46. The lowest BCUT2D eigenvalue weighted by atomic mass is 9.85. The highest BCUT2D eigenvalue weighted by atomic mass is 16.5. The summed E-state index contributed by atoms with van der Waals surface area (Å²) in [6.45, 7) is -0.103. The van der Waals surface area contributed by atoms with E-state index in [0.717, 1.165) is 31.2 Å². The van der Waals surface area contributed by atoms with Crippen molar-refractivity contribution in [2.45, 2.75) is 50.6 Å². The molecule has 1 aliphatic carbocycles. The van der Waals surface area contributed by atoms with Gasteiger partial charge < -0.3 is 14.4 Å². The van der Waals surface area contributed by atoms with Gasteiger partial charge in [-0.2, -0.15) is 5.26 Å². The van der Waals surface area contributed by atoms with E-state index in [1.807, 2.05) is 12.1 Å². The third kappa shape index (κ3) is 3.82. The lowest BCUT2D eigenvalue weighted by Gasteiger charge is -2.33. The second-order valence-electron chi connectivity index (χ2n) is 6.96. The fraction of sp³-hybridized carbons (Fsp3) is 0.550. The summed E-state index contributed by atoms with van der Waals surface area (Å²) >= 11 is 0. The number of benzene rings is 1. The third-order valence-electron chi connectivity index (χ3n) is 5.42. The minimum Gasteiger partial charge on any atom is -0.484 e. The van der Waals surface area contributed by atoms with Crippen LogP contribution in [-0.2, 0) is 20.7 Å². The summed E-state index contributed by atoms with van der Waals surface area (Å²) < 4.78 is 10.5. The van der Waals surface area contributed by atoms with Gasteiger partial charge in [0, 0.05) is 6.04 Å². The van der Waals surface area contributed by atoms with Gasteiger partial charge in [0.05, 0.1) is 19.6 Å². The Morgan fingerprint density at radius 2 is 1.96 bits per heavy atom. The molecule has 0 aromatic heterocycles. The van der Waals surface area contributed by atoms with Gasteiger partial charge in [-0.3, -0.25) is 4.79 Å². The summed E-state index contributed by atoms with van der Waals surface area (Å²) in [6, 6.07) is 8.84. The Labute approximate surface area is 153 Å². The van der Waals surface area contributed by atoms with E-state index >= 15 is 0 Å². The number of ether oxygens (including phenoxy) is 2. The molecule has 1 amide bonds. The fourth-order valence-corrected chi connectivity index (χ4v) is 4.18. The molecular weight excluding hydrogens is 332 g/mol. The Hall–Kier alpha value is -2.55. The normalized spacial score (nSPS) is 24.5. The molecule has 3 unspecified atom stereocenters. The number of fused-ring (bicyclic) bond motifs is 1. The van der Waals surface area contributed by atoms with Crippen LogP contribution in [0.25, 0.3) is 0 Å². The first-order chi connectivity index (χ1) is 12.6. The van der Waals surface area contributed by atoms with Crippen LogP contribution in [-0.4, -0.2) is 42.6 Å². The zero-order valence-electron chi connectivity index (χ0n) is 15.0. The smallest absolute Gasteiger partial charge is 0.328 e. The maximum atomic E-state index is 12.8. The number of likely N-dealkylation sites (tertiary alicyclic amines) is 1. The Morgan fingerprint density at radius 3 is 2.65 bits per heavy atom. The monoisotopic (exact) mass is 356 g/mol. The Kier molecular flexibility index (Phi) is 5.77. The largest absolute Gasteiger partial charge is 0.484 e. The molecule has 1 saturated heterocycles. The first-order valence-electron chi connectivity index (χ1n) is 9.11. The maximum Gasteiger partial charge on any atom is 0.328 e. The van der Waals surface area contributed by atoms with Gasteiger partial charge in [0.25, 0.3) is 5.91 Å². The van der Waals surface area contributed by atoms with Gasteiger partial charge in [-0.05, 0) is 42.9 Å². The lowest BCUT2D eigenvalue weighted by molar-refractivity contribution is -0.153. The van der Waals surface area contributed by atoms with Crippen LogP contribution in [0.3, 0.4) is 0 Å². The van der Waals surface area contributed by atoms with Gasteiger partial charge in [-0.1, -0.05) is 25.0 Å². The van der Waals surface area contributed by atoms with Crippen LogP contribution in [0.15, 0.2) is 24.3 Å². The summed E-state index contributed by atoms with van der Waals surface area (Å²) in [5.74, 6) is 0.445. The number of rotatable bonds is 5. The first kappa shape index (κ1) is 18.2. The molecule has 0 radical (unpaired) electrons. The number of methoxy groups -OCH3 is 1. The minimum atomic E-state index is -0.498. The van der Waals surface area contributed by atoms with Crippen molar-refractivity contribution < 1.29 is 19.1 Å². The number of hydrogen-bond donors (Lipinski definition) is 0. The van der Waals surface area contributed by atoms with Crippen LogP contribution in [0.2, 0.25) is 0 Å². The molecule has 0 spiro atoms. The van der Waals surface area contributed by atoms with Crippen molar-refractivity contribution in [3.63, 3.8) is 0 Å². The topological polar surface area (TPSA) is 79.6 Å². The highest BCUT2D eigenvalue weighted by molar-refractivity contribution is 5.86. The van der Waals surface area contributed by atoms with E-state index < -0.39 is 6.04 Å². The number of esters is 1. The molecule has 1 aliphatic heterocycles. The lowest BCUT2D eigenvalue weighted by Crippen LogP contribution is -2.48. The standard InChI is InChI=1S/C20H24N2O4/c1-25-20(24)18-12-15-4-2-3-5-17(15)22(18)19(23)13-26-16-8-6-14(7-9-16)10-11-21/h6-9,15,17-18H,2-5,10,12-13H2,1H3. The molecule has 26 heavy (non-hydrogen) atoms. The molecule has 6 nitrogen and oxygen atoms in total. The molecule has 2 aliphatic rings. The Balaban J connectivity index is 1.66. The number of nitriles is 1. The van der Waals surface area contributed by atoms with Crippen LogP contribution < -0.4 is 4.74 Å². The summed E-state index contributed by atoms with van der Waals surface area (Å²) in [5, 5.41) is 8.70. The quantitative estimate of drug-likeness (QED) is 0.757. The van der Waals surface area contributed by atoms with Crippen LogP contribution >= 0.6 is 0 Å². The molecule has 3 rings (SSSR count). The zero-order valence-corrected chi connectivity index (χ0v) is 15.0. The molecule has 0 N–H and O–H groups in total. The molecule has 1 aromatic rings. The van der Waals surface area contributed by atoms with Crippen LogP contribution in [0.5, 0.6) is 5.75 Å². The maximum absolute atomic E-state index is 12.8. The summed E-state index contributed by atoms with van der Waals surface area (Å²) in [5.41, 5.74) is 0.904. The van der Waals surface area contributed by atoms with Crippen molar-refractivity contribution in [3.05, 3.63) is 29.8 Å². The van der Waals surface area contributed by atoms with Crippen molar-refractivity contribution in [2.24, 2.45) is 5.92 Å². The average molecular weight is 356 g/mol. The number of nitrogens with zero attached hydrogens (tertiary/aromatic N) is 2. The number of carbonyl (C=O) groups excluding carboxylic acids is 2. The SMILES string of the molecule is COC(=O)C1CC2CCCCC2N1C(=O)COc1ccc(CC#N)cc1. The van der Waals surface area contributed by atoms with E-state index in [2.05, 4.69) is 6.07 Å². The Bertz CT molecular complexity index is 695. The first-order valence-corrected chi connectivity index (χ1v) is 9.11. The highest BCUT2D eigenvalue weighted by Gasteiger charge is 2.47. The van der Waals surface area contributed by atoms with Crippen molar-refractivity contribution >= 4 is 11.9 Å². The molecule has 1 heterocycles. The van der Waals surface area contributed by atoms with Crippen molar-refractivity contribution in [3.8, 4) is 11.8 Å². The number of hydrogen-bond acceptors (Lipinski definition) is 5. The summed E-state index contributed by atoms with van der Waals surface area (Å²) in [4.78, 5) is 26.7. The molecule has 6 heteroatoms. The van der Waals surface area contributed by atoms with Gasteiger partial charge in [0.1, 0.15) is 11.8 Å².